The molecular formula is C7H16NNa2O3S2+. The fraction of sp³-hybridized carbons (Fsp3) is 1.00. The van der Waals surface area contributed by atoms with Gasteiger partial charge in [-0.15, -0.1) is 0 Å². The van der Waals surface area contributed by atoms with Gasteiger partial charge >= 0.3 is 59.1 Å². The second-order valence-electron chi connectivity index (χ2n) is 2.79. The molecule has 0 aliphatic carbocycles. The zero-order valence-corrected chi connectivity index (χ0v) is 15.2. The first-order chi connectivity index (χ1) is 6.06. The van der Waals surface area contributed by atoms with E-state index in [0.29, 0.717) is 22.6 Å². The zero-order chi connectivity index (χ0) is 10.2. The minimum absolute atomic E-state index is 0. The first-order valence-corrected chi connectivity index (χ1v) is 7.27. The monoisotopic (exact) mass is 272 g/mol. The molecule has 0 fully saturated rings. The summed E-state index contributed by atoms with van der Waals surface area (Å²) in [5, 5.41) is 0. The zero-order valence-electron chi connectivity index (χ0n) is 9.57. The third kappa shape index (κ3) is 22.0. The molecule has 8 heteroatoms. The van der Waals surface area contributed by atoms with Crippen molar-refractivity contribution < 1.29 is 72.4 Å². The first-order valence-electron chi connectivity index (χ1n) is 4.36. The van der Waals surface area contributed by atoms with Gasteiger partial charge in [-0.1, -0.05) is 12.8 Å². The molecule has 0 saturated carbocycles. The maximum absolute atomic E-state index is 10.2. The second-order valence-corrected chi connectivity index (χ2v) is 6.18. The summed E-state index contributed by atoms with van der Waals surface area (Å²) in [7, 11) is -3.59. The molecule has 0 rings (SSSR count). The molecular weight excluding hydrogens is 256 g/mol. The van der Waals surface area contributed by atoms with Gasteiger partial charge in [0, 0.05) is 6.42 Å². The molecule has 0 aromatic heterocycles. The normalized spacial score (nSPS) is 10.1. The minimum atomic E-state index is -4.07. The number of rotatable bonds is 7. The molecule has 0 heterocycles. The van der Waals surface area contributed by atoms with Gasteiger partial charge in [0.05, 0.1) is 9.05 Å². The molecule has 0 aliphatic heterocycles. The quantitative estimate of drug-likeness (QED) is 0.284. The van der Waals surface area contributed by atoms with Crippen LogP contribution in [0.2, 0.25) is 0 Å². The van der Waals surface area contributed by atoms with Crippen LogP contribution in [0, 0.1) is 0 Å². The van der Waals surface area contributed by atoms with Crippen molar-refractivity contribution in [2.75, 3.05) is 12.3 Å². The van der Waals surface area contributed by atoms with E-state index in [-0.39, 0.29) is 59.1 Å². The fourth-order valence-electron chi connectivity index (χ4n) is 0.938. The molecule has 0 spiro atoms. The van der Waals surface area contributed by atoms with Crippen molar-refractivity contribution in [2.45, 2.75) is 32.1 Å². The van der Waals surface area contributed by atoms with Crippen LogP contribution in [0.15, 0.2) is 0 Å². The van der Waals surface area contributed by atoms with Crippen molar-refractivity contribution in [3.8, 4) is 0 Å². The molecule has 0 bridgehead atoms. The van der Waals surface area contributed by atoms with Crippen LogP contribution in [0.3, 0.4) is 0 Å². The Morgan fingerprint density at radius 3 is 1.93 bits per heavy atom. The average Bonchev–Trinajstić information content (AvgIpc) is 2.01. The van der Waals surface area contributed by atoms with Crippen molar-refractivity contribution >= 4 is 19.4 Å². The Labute approximate surface area is 140 Å². The maximum Gasteiger partial charge on any atom is 1.00 e. The van der Waals surface area contributed by atoms with Gasteiger partial charge in [-0.2, -0.15) is 0 Å². The average molecular weight is 272 g/mol. The standard InChI is InChI=1S/C7H17NO3S2.2Na/c8-6-4-2-1-3-5-7-12-13(9,10)11;;/h1-8H2,(H-,9,10,11);;/q;2*+1/p-1. The van der Waals surface area contributed by atoms with Crippen LogP contribution < -0.4 is 64.8 Å². The smallest absolute Gasteiger partial charge is 0.746 e. The molecule has 15 heavy (non-hydrogen) atoms. The van der Waals surface area contributed by atoms with Crippen LogP contribution in [0.25, 0.3) is 0 Å². The van der Waals surface area contributed by atoms with E-state index in [2.05, 4.69) is 0 Å². The predicted octanol–water partition coefficient (Wildman–Crippen LogP) is -5.55. The SMILES string of the molecule is NCCCCCCC[S+]=S(=O)([O-])[O-].[Na+].[Na+]. The molecule has 80 valence electrons. The molecule has 0 saturated heterocycles. The number of hydrogen-bond acceptors (Lipinski definition) is 4. The van der Waals surface area contributed by atoms with Gasteiger partial charge in [0.15, 0.2) is 5.75 Å². The van der Waals surface area contributed by atoms with Crippen LogP contribution in [0.4, 0.5) is 0 Å². The van der Waals surface area contributed by atoms with E-state index in [4.69, 9.17) is 5.73 Å². The van der Waals surface area contributed by atoms with Crippen LogP contribution >= 0.6 is 0 Å². The van der Waals surface area contributed by atoms with Gasteiger partial charge in [-0.3, -0.25) is 0 Å². The Morgan fingerprint density at radius 1 is 1.00 bits per heavy atom. The Hall–Kier alpha value is 2.25. The Bertz CT molecular complexity index is 224. The molecule has 0 aliphatic rings. The van der Waals surface area contributed by atoms with E-state index in [0.717, 1.165) is 32.1 Å². The summed E-state index contributed by atoms with van der Waals surface area (Å²) in [6.45, 7) is 0.712. The molecule has 0 amide bonds. The predicted molar refractivity (Wildman–Crippen MR) is 54.1 cm³/mol. The molecule has 0 aromatic rings. The summed E-state index contributed by atoms with van der Waals surface area (Å²) < 4.78 is 30.5. The van der Waals surface area contributed by atoms with Gasteiger partial charge in [-0.25, -0.2) is 4.21 Å². The van der Waals surface area contributed by atoms with Crippen LogP contribution in [0.5, 0.6) is 0 Å². The Balaban J connectivity index is -0.000000720. The minimum Gasteiger partial charge on any atom is -0.746 e. The summed E-state index contributed by atoms with van der Waals surface area (Å²) in [6.07, 6.45) is 4.94. The second kappa shape index (κ2) is 14.3. The van der Waals surface area contributed by atoms with Crippen molar-refractivity contribution in [1.82, 2.24) is 0 Å². The van der Waals surface area contributed by atoms with Crippen LogP contribution in [-0.2, 0) is 19.4 Å². The summed E-state index contributed by atoms with van der Waals surface area (Å²) in [5.74, 6) is 0.411. The number of hydrogen-bond donors (Lipinski definition) is 1. The molecule has 2 N–H and O–H groups in total. The van der Waals surface area contributed by atoms with E-state index in [9.17, 15) is 13.3 Å². The largest absolute Gasteiger partial charge is 1.00 e. The summed E-state index contributed by atoms with van der Waals surface area (Å²) >= 11 is 0. The maximum atomic E-state index is 10.2. The van der Waals surface area contributed by atoms with Gasteiger partial charge in [0.1, 0.15) is 0 Å². The van der Waals surface area contributed by atoms with Gasteiger partial charge in [-0.05, 0) is 19.4 Å². The van der Waals surface area contributed by atoms with Crippen molar-refractivity contribution in [2.24, 2.45) is 5.73 Å². The van der Waals surface area contributed by atoms with Gasteiger partial charge in [0.2, 0.25) is 10.3 Å². The van der Waals surface area contributed by atoms with Crippen molar-refractivity contribution in [1.29, 1.82) is 0 Å². The molecule has 4 nitrogen and oxygen atoms in total. The summed E-state index contributed by atoms with van der Waals surface area (Å²) in [6, 6.07) is 0. The van der Waals surface area contributed by atoms with E-state index in [1.807, 2.05) is 0 Å². The van der Waals surface area contributed by atoms with E-state index < -0.39 is 9.05 Å². The van der Waals surface area contributed by atoms with Gasteiger partial charge in [0.25, 0.3) is 0 Å². The van der Waals surface area contributed by atoms with Crippen LogP contribution in [0.1, 0.15) is 32.1 Å². The molecule has 0 aromatic carbocycles. The molecule has 0 radical (unpaired) electrons. The Kier molecular flexibility index (Phi) is 21.4. The van der Waals surface area contributed by atoms with E-state index in [1.165, 1.54) is 0 Å². The summed E-state index contributed by atoms with van der Waals surface area (Å²) in [5.41, 5.74) is 5.30. The number of nitrogens with two attached hydrogens (primary N) is 1. The molecule has 0 atom stereocenters. The fourth-order valence-corrected chi connectivity index (χ4v) is 2.43. The topological polar surface area (TPSA) is 89.2 Å². The number of unbranched alkanes of at least 4 members (excludes halogenated alkanes) is 4. The first kappa shape index (κ1) is 22.4. The summed E-state index contributed by atoms with van der Waals surface area (Å²) in [4.78, 5) is 0. The van der Waals surface area contributed by atoms with Crippen molar-refractivity contribution in [3.63, 3.8) is 0 Å². The van der Waals surface area contributed by atoms with Crippen LogP contribution in [-0.4, -0.2) is 25.6 Å². The Morgan fingerprint density at radius 2 is 1.47 bits per heavy atom. The third-order valence-corrected chi connectivity index (χ3v) is 3.69. The van der Waals surface area contributed by atoms with Gasteiger partial charge < -0.3 is 14.8 Å². The molecule has 0 unspecified atom stereocenters. The van der Waals surface area contributed by atoms with Crippen molar-refractivity contribution in [3.05, 3.63) is 0 Å². The van der Waals surface area contributed by atoms with E-state index >= 15 is 0 Å². The third-order valence-electron chi connectivity index (χ3n) is 1.58. The van der Waals surface area contributed by atoms with E-state index in [1.54, 1.807) is 0 Å².